The Morgan fingerprint density at radius 2 is 1.68 bits per heavy atom. The third-order valence-corrected chi connectivity index (χ3v) is 3.58. The van der Waals surface area contributed by atoms with Crippen LogP contribution in [0.1, 0.15) is 39.4 Å². The topological polar surface area (TPSA) is 50.9 Å². The van der Waals surface area contributed by atoms with Crippen LogP contribution in [0.5, 0.6) is 0 Å². The van der Waals surface area contributed by atoms with Gasteiger partial charge in [0.1, 0.15) is 0 Å². The zero-order chi connectivity index (χ0) is 14.0. The lowest BCUT2D eigenvalue weighted by molar-refractivity contribution is 0.625. The minimum absolute atomic E-state index is 0.0192. The smallest absolute Gasteiger partial charge is 0.0732 e. The molecule has 0 spiro atoms. The number of benzene rings is 1. The molecule has 0 radical (unpaired) electrons. The van der Waals surface area contributed by atoms with Crippen LogP contribution in [-0.4, -0.2) is 4.98 Å². The Hall–Kier alpha value is -1.71. The van der Waals surface area contributed by atoms with Crippen LogP contribution in [0.3, 0.4) is 0 Å². The molecular formula is C16H21N3. The van der Waals surface area contributed by atoms with Crippen LogP contribution in [0, 0.1) is 27.7 Å². The highest BCUT2D eigenvalue weighted by Crippen LogP contribution is 2.29. The summed E-state index contributed by atoms with van der Waals surface area (Å²) in [5, 5.41) is 0. The molecular weight excluding hydrogens is 234 g/mol. The molecule has 1 heterocycles. The van der Waals surface area contributed by atoms with Gasteiger partial charge in [-0.05, 0) is 61.6 Å². The molecule has 0 aliphatic rings. The van der Waals surface area contributed by atoms with Gasteiger partial charge >= 0.3 is 0 Å². The van der Waals surface area contributed by atoms with Gasteiger partial charge in [0, 0.05) is 12.4 Å². The van der Waals surface area contributed by atoms with Crippen LogP contribution in [0.15, 0.2) is 30.6 Å². The molecule has 0 bridgehead atoms. The van der Waals surface area contributed by atoms with Crippen molar-refractivity contribution >= 4 is 0 Å². The lowest BCUT2D eigenvalue weighted by atomic mass is 9.89. The molecule has 0 aliphatic heterocycles. The molecule has 2 rings (SSSR count). The normalized spacial score (nSPS) is 12.5. The monoisotopic (exact) mass is 255 g/mol. The van der Waals surface area contributed by atoms with Crippen molar-refractivity contribution < 1.29 is 0 Å². The molecule has 3 heteroatoms. The van der Waals surface area contributed by atoms with Gasteiger partial charge in [0.2, 0.25) is 0 Å². The maximum absolute atomic E-state index is 5.80. The Kier molecular flexibility index (Phi) is 3.98. The number of hydrogen-bond acceptors (Lipinski definition) is 3. The van der Waals surface area contributed by atoms with Gasteiger partial charge in [-0.15, -0.1) is 0 Å². The number of nitrogens with one attached hydrogen (secondary N) is 1. The number of nitrogens with two attached hydrogens (primary N) is 1. The number of aryl methyl sites for hydroxylation is 4. The van der Waals surface area contributed by atoms with E-state index >= 15 is 0 Å². The van der Waals surface area contributed by atoms with Crippen molar-refractivity contribution in [3.63, 3.8) is 0 Å². The molecule has 3 nitrogen and oxygen atoms in total. The van der Waals surface area contributed by atoms with Crippen molar-refractivity contribution in [2.75, 3.05) is 0 Å². The lowest BCUT2D eigenvalue weighted by Gasteiger charge is -2.23. The molecule has 3 N–H and O–H groups in total. The van der Waals surface area contributed by atoms with E-state index in [9.17, 15) is 0 Å². The van der Waals surface area contributed by atoms with Crippen molar-refractivity contribution in [1.82, 2.24) is 10.4 Å². The number of hydrogen-bond donors (Lipinski definition) is 2. The summed E-state index contributed by atoms with van der Waals surface area (Å²) in [4.78, 5) is 4.22. The molecule has 0 aliphatic carbocycles. The molecule has 100 valence electrons. The fourth-order valence-electron chi connectivity index (χ4n) is 2.75. The first-order chi connectivity index (χ1) is 9.04. The average Bonchev–Trinajstić information content (AvgIpc) is 2.34. The molecule has 1 aromatic heterocycles. The molecule has 0 saturated carbocycles. The fraction of sp³-hybridized carbons (Fsp3) is 0.312. The van der Waals surface area contributed by atoms with Crippen molar-refractivity contribution in [2.45, 2.75) is 33.7 Å². The minimum Gasteiger partial charge on any atom is -0.271 e. The summed E-state index contributed by atoms with van der Waals surface area (Å²) in [5.74, 6) is 5.80. The van der Waals surface area contributed by atoms with Crippen LogP contribution in [0.2, 0.25) is 0 Å². The van der Waals surface area contributed by atoms with E-state index in [4.69, 9.17) is 5.84 Å². The first-order valence-electron chi connectivity index (χ1n) is 6.49. The van der Waals surface area contributed by atoms with Gasteiger partial charge in [-0.3, -0.25) is 10.8 Å². The predicted molar refractivity (Wildman–Crippen MR) is 78.8 cm³/mol. The van der Waals surface area contributed by atoms with E-state index in [1.54, 1.807) is 6.20 Å². The molecule has 1 unspecified atom stereocenters. The predicted octanol–water partition coefficient (Wildman–Crippen LogP) is 2.87. The third kappa shape index (κ3) is 2.67. The molecule has 19 heavy (non-hydrogen) atoms. The standard InChI is InChI=1S/C16H21N3/c1-10-7-12(3)15(13(4)8-10)16(19-17)14-9-18-6-5-11(14)2/h5-9,16,19H,17H2,1-4H3. The summed E-state index contributed by atoms with van der Waals surface area (Å²) in [6, 6.07) is 6.38. The summed E-state index contributed by atoms with van der Waals surface area (Å²) >= 11 is 0. The number of nitrogens with zero attached hydrogens (tertiary/aromatic N) is 1. The van der Waals surface area contributed by atoms with E-state index < -0.39 is 0 Å². The van der Waals surface area contributed by atoms with Gasteiger partial charge < -0.3 is 0 Å². The van der Waals surface area contributed by atoms with Gasteiger partial charge in [-0.1, -0.05) is 17.7 Å². The molecule has 0 amide bonds. The van der Waals surface area contributed by atoms with Gasteiger partial charge in [-0.2, -0.15) is 0 Å². The summed E-state index contributed by atoms with van der Waals surface area (Å²) in [5.41, 5.74) is 10.3. The highest BCUT2D eigenvalue weighted by molar-refractivity contribution is 5.45. The number of aromatic nitrogens is 1. The quantitative estimate of drug-likeness (QED) is 0.655. The summed E-state index contributed by atoms with van der Waals surface area (Å²) in [7, 11) is 0. The SMILES string of the molecule is Cc1cc(C)c(C(NN)c2cnccc2C)c(C)c1. The Labute approximate surface area is 114 Å². The lowest BCUT2D eigenvalue weighted by Crippen LogP contribution is -2.30. The van der Waals surface area contributed by atoms with Crippen LogP contribution in [0.25, 0.3) is 0 Å². The number of hydrazine groups is 1. The van der Waals surface area contributed by atoms with Crippen molar-refractivity contribution in [2.24, 2.45) is 5.84 Å². The number of pyridine rings is 1. The van der Waals surface area contributed by atoms with Crippen LogP contribution in [0.4, 0.5) is 0 Å². The second-order valence-corrected chi connectivity index (χ2v) is 5.14. The highest BCUT2D eigenvalue weighted by Gasteiger charge is 2.19. The number of rotatable bonds is 3. The minimum atomic E-state index is -0.0192. The van der Waals surface area contributed by atoms with Gasteiger partial charge in [0.05, 0.1) is 6.04 Å². The Balaban J connectivity index is 2.58. The molecule has 0 saturated heterocycles. The van der Waals surface area contributed by atoms with Crippen LogP contribution >= 0.6 is 0 Å². The molecule has 1 aromatic carbocycles. The zero-order valence-electron chi connectivity index (χ0n) is 12.0. The molecule has 2 aromatic rings. The fourth-order valence-corrected chi connectivity index (χ4v) is 2.75. The Bertz CT molecular complexity index is 567. The van der Waals surface area contributed by atoms with E-state index in [2.05, 4.69) is 50.2 Å². The van der Waals surface area contributed by atoms with Crippen molar-refractivity contribution in [3.05, 3.63) is 64.0 Å². The summed E-state index contributed by atoms with van der Waals surface area (Å²) in [6.07, 6.45) is 3.69. The van der Waals surface area contributed by atoms with E-state index in [1.807, 2.05) is 12.3 Å². The Morgan fingerprint density at radius 1 is 1.05 bits per heavy atom. The molecule has 0 fully saturated rings. The second kappa shape index (κ2) is 5.51. The van der Waals surface area contributed by atoms with Gasteiger partial charge in [0.15, 0.2) is 0 Å². The van der Waals surface area contributed by atoms with Crippen LogP contribution in [-0.2, 0) is 0 Å². The first-order valence-corrected chi connectivity index (χ1v) is 6.49. The average molecular weight is 255 g/mol. The highest BCUT2D eigenvalue weighted by atomic mass is 15.2. The van der Waals surface area contributed by atoms with Crippen molar-refractivity contribution in [1.29, 1.82) is 0 Å². The largest absolute Gasteiger partial charge is 0.271 e. The summed E-state index contributed by atoms with van der Waals surface area (Å²) < 4.78 is 0. The molecule has 1 atom stereocenters. The van der Waals surface area contributed by atoms with E-state index in [0.717, 1.165) is 5.56 Å². The maximum atomic E-state index is 5.80. The van der Waals surface area contributed by atoms with E-state index in [1.165, 1.54) is 27.8 Å². The zero-order valence-corrected chi connectivity index (χ0v) is 12.0. The summed E-state index contributed by atoms with van der Waals surface area (Å²) in [6.45, 7) is 8.46. The maximum Gasteiger partial charge on any atom is 0.0732 e. The first kappa shape index (κ1) is 13.7. The van der Waals surface area contributed by atoms with E-state index in [0.29, 0.717) is 0 Å². The van der Waals surface area contributed by atoms with Crippen LogP contribution < -0.4 is 11.3 Å². The van der Waals surface area contributed by atoms with E-state index in [-0.39, 0.29) is 6.04 Å². The van der Waals surface area contributed by atoms with Gasteiger partial charge in [0.25, 0.3) is 0 Å². The third-order valence-electron chi connectivity index (χ3n) is 3.58. The van der Waals surface area contributed by atoms with Crippen molar-refractivity contribution in [3.8, 4) is 0 Å². The Morgan fingerprint density at radius 3 is 2.21 bits per heavy atom. The van der Waals surface area contributed by atoms with Gasteiger partial charge in [-0.25, -0.2) is 5.43 Å². The second-order valence-electron chi connectivity index (χ2n) is 5.14.